The van der Waals surface area contributed by atoms with Crippen molar-refractivity contribution in [3.63, 3.8) is 0 Å². The Morgan fingerprint density at radius 3 is 3.00 bits per heavy atom. The van der Waals surface area contributed by atoms with Crippen molar-refractivity contribution in [2.24, 2.45) is 0 Å². The molecule has 1 aromatic carbocycles. The highest BCUT2D eigenvalue weighted by atomic mass is 19.1. The molecule has 0 fully saturated rings. The van der Waals surface area contributed by atoms with Gasteiger partial charge in [0.2, 0.25) is 0 Å². The average Bonchev–Trinajstić information content (AvgIpc) is 2.25. The van der Waals surface area contributed by atoms with Crippen LogP contribution in [0.3, 0.4) is 0 Å². The Kier molecular flexibility index (Phi) is 2.69. The lowest BCUT2D eigenvalue weighted by Gasteiger charge is -2.39. The Morgan fingerprint density at radius 1 is 1.56 bits per heavy atom. The molecule has 0 spiro atoms. The minimum Gasteiger partial charge on any atom is -0.485 e. The molecule has 1 aliphatic rings. The summed E-state index contributed by atoms with van der Waals surface area (Å²) in [5, 5.41) is 8.70. The summed E-state index contributed by atoms with van der Waals surface area (Å²) >= 11 is 0. The largest absolute Gasteiger partial charge is 0.485 e. The van der Waals surface area contributed by atoms with Crippen LogP contribution < -0.4 is 9.64 Å². The van der Waals surface area contributed by atoms with Crippen molar-refractivity contribution in [1.82, 2.24) is 0 Å². The molecule has 3 nitrogen and oxygen atoms in total. The van der Waals surface area contributed by atoms with Crippen molar-refractivity contribution in [3.8, 4) is 11.8 Å². The molecular formula is C12H13FN2O. The van der Waals surface area contributed by atoms with Gasteiger partial charge < -0.3 is 9.64 Å². The van der Waals surface area contributed by atoms with Crippen LogP contribution in [0.2, 0.25) is 0 Å². The average molecular weight is 220 g/mol. The lowest BCUT2D eigenvalue weighted by Crippen LogP contribution is -2.46. The standard InChI is InChI=1S/C12H13FN2O/c1-8-10(6-7-14)16-11-5-3-4-9(13)12(11)15(8)2/h3-5,8,10H,6H2,1-2H3. The first-order valence-corrected chi connectivity index (χ1v) is 5.20. The highest BCUT2D eigenvalue weighted by Crippen LogP contribution is 2.37. The zero-order valence-electron chi connectivity index (χ0n) is 9.27. The maximum absolute atomic E-state index is 13.6. The zero-order chi connectivity index (χ0) is 11.7. The van der Waals surface area contributed by atoms with Gasteiger partial charge in [-0.2, -0.15) is 5.26 Å². The molecule has 0 amide bonds. The van der Waals surface area contributed by atoms with E-state index in [1.165, 1.54) is 6.07 Å². The number of para-hydroxylation sites is 1. The van der Waals surface area contributed by atoms with Gasteiger partial charge in [-0.15, -0.1) is 0 Å². The van der Waals surface area contributed by atoms with Crippen LogP contribution in [0, 0.1) is 17.1 Å². The fourth-order valence-corrected chi connectivity index (χ4v) is 1.95. The van der Waals surface area contributed by atoms with Gasteiger partial charge in [0, 0.05) is 7.05 Å². The Balaban J connectivity index is 2.41. The third-order valence-corrected chi connectivity index (χ3v) is 3.02. The number of rotatable bonds is 1. The maximum Gasteiger partial charge on any atom is 0.150 e. The third-order valence-electron chi connectivity index (χ3n) is 3.02. The molecule has 1 heterocycles. The van der Waals surface area contributed by atoms with Crippen LogP contribution in [0.1, 0.15) is 13.3 Å². The number of anilines is 1. The molecule has 4 heteroatoms. The SMILES string of the molecule is CC1C(CC#N)Oc2cccc(F)c2N1C. The summed E-state index contributed by atoms with van der Waals surface area (Å²) in [7, 11) is 1.82. The van der Waals surface area contributed by atoms with Crippen LogP contribution >= 0.6 is 0 Å². The third kappa shape index (κ3) is 1.58. The maximum atomic E-state index is 13.6. The molecule has 0 saturated carbocycles. The van der Waals surface area contributed by atoms with Gasteiger partial charge in [-0.1, -0.05) is 6.07 Å². The van der Waals surface area contributed by atoms with Crippen LogP contribution in [0.15, 0.2) is 18.2 Å². The van der Waals surface area contributed by atoms with Gasteiger partial charge in [-0.05, 0) is 19.1 Å². The predicted molar refractivity (Wildman–Crippen MR) is 58.9 cm³/mol. The molecule has 16 heavy (non-hydrogen) atoms. The van der Waals surface area contributed by atoms with E-state index >= 15 is 0 Å². The predicted octanol–water partition coefficient (Wildman–Crippen LogP) is 2.33. The Hall–Kier alpha value is -1.76. The molecule has 0 aliphatic carbocycles. The van der Waals surface area contributed by atoms with E-state index in [2.05, 4.69) is 6.07 Å². The second-order valence-electron chi connectivity index (χ2n) is 3.96. The van der Waals surface area contributed by atoms with Crippen molar-refractivity contribution in [3.05, 3.63) is 24.0 Å². The summed E-state index contributed by atoms with van der Waals surface area (Å²) in [5.74, 6) is 0.225. The molecule has 2 unspecified atom stereocenters. The van der Waals surface area contributed by atoms with Gasteiger partial charge >= 0.3 is 0 Å². The highest BCUT2D eigenvalue weighted by molar-refractivity contribution is 5.61. The van der Waals surface area contributed by atoms with Crippen molar-refractivity contribution < 1.29 is 9.13 Å². The van der Waals surface area contributed by atoms with E-state index in [0.29, 0.717) is 17.9 Å². The normalized spacial score (nSPS) is 23.2. The fourth-order valence-electron chi connectivity index (χ4n) is 1.95. The Bertz CT molecular complexity index is 441. The minimum atomic E-state index is -0.290. The lowest BCUT2D eigenvalue weighted by molar-refractivity contribution is 0.164. The van der Waals surface area contributed by atoms with E-state index in [1.807, 2.05) is 18.9 Å². The molecule has 2 rings (SSSR count). The van der Waals surface area contributed by atoms with Crippen LogP contribution in [-0.2, 0) is 0 Å². The van der Waals surface area contributed by atoms with Gasteiger partial charge in [-0.3, -0.25) is 0 Å². The van der Waals surface area contributed by atoms with Crippen LogP contribution in [-0.4, -0.2) is 19.2 Å². The number of halogens is 1. The quantitative estimate of drug-likeness (QED) is 0.728. The first-order chi connectivity index (χ1) is 7.65. The number of ether oxygens (including phenoxy) is 1. The number of benzene rings is 1. The van der Waals surface area contributed by atoms with Gasteiger partial charge in [0.1, 0.15) is 23.4 Å². The summed E-state index contributed by atoms with van der Waals surface area (Å²) in [6.45, 7) is 1.93. The summed E-state index contributed by atoms with van der Waals surface area (Å²) in [4.78, 5) is 1.83. The number of hydrogen-bond donors (Lipinski definition) is 0. The molecule has 2 atom stereocenters. The van der Waals surface area contributed by atoms with Crippen molar-refractivity contribution in [2.45, 2.75) is 25.5 Å². The first kappa shape index (κ1) is 10.7. The molecule has 0 saturated heterocycles. The number of nitriles is 1. The molecule has 0 aromatic heterocycles. The second-order valence-corrected chi connectivity index (χ2v) is 3.96. The van der Waals surface area contributed by atoms with E-state index < -0.39 is 0 Å². The Morgan fingerprint density at radius 2 is 2.31 bits per heavy atom. The zero-order valence-corrected chi connectivity index (χ0v) is 9.27. The number of likely N-dealkylation sites (N-methyl/N-ethyl adjacent to an activating group) is 1. The first-order valence-electron chi connectivity index (χ1n) is 5.20. The molecular weight excluding hydrogens is 207 g/mol. The van der Waals surface area contributed by atoms with Crippen molar-refractivity contribution >= 4 is 5.69 Å². The molecule has 1 aromatic rings. The van der Waals surface area contributed by atoms with Crippen molar-refractivity contribution in [1.29, 1.82) is 5.26 Å². The number of fused-ring (bicyclic) bond motifs is 1. The van der Waals surface area contributed by atoms with E-state index in [4.69, 9.17) is 10.00 Å². The minimum absolute atomic E-state index is 0.0101. The number of nitrogens with zero attached hydrogens (tertiary/aromatic N) is 2. The second kappa shape index (κ2) is 4.01. The van der Waals surface area contributed by atoms with Gasteiger partial charge in [-0.25, -0.2) is 4.39 Å². The monoisotopic (exact) mass is 220 g/mol. The molecule has 84 valence electrons. The smallest absolute Gasteiger partial charge is 0.150 e. The number of hydrogen-bond acceptors (Lipinski definition) is 3. The summed E-state index contributed by atoms with van der Waals surface area (Å²) < 4.78 is 19.3. The van der Waals surface area contributed by atoms with Gasteiger partial charge in [0.25, 0.3) is 0 Å². The van der Waals surface area contributed by atoms with Crippen molar-refractivity contribution in [2.75, 3.05) is 11.9 Å². The molecule has 0 radical (unpaired) electrons. The van der Waals surface area contributed by atoms with Crippen LogP contribution in [0.25, 0.3) is 0 Å². The summed E-state index contributed by atoms with van der Waals surface area (Å²) in [5.41, 5.74) is 0.476. The summed E-state index contributed by atoms with van der Waals surface area (Å²) in [6, 6.07) is 6.83. The van der Waals surface area contributed by atoms with Crippen LogP contribution in [0.5, 0.6) is 5.75 Å². The topological polar surface area (TPSA) is 36.3 Å². The highest BCUT2D eigenvalue weighted by Gasteiger charge is 2.32. The van der Waals surface area contributed by atoms with E-state index in [-0.39, 0.29) is 18.0 Å². The van der Waals surface area contributed by atoms with E-state index in [0.717, 1.165) is 0 Å². The van der Waals surface area contributed by atoms with E-state index in [9.17, 15) is 4.39 Å². The van der Waals surface area contributed by atoms with Crippen LogP contribution in [0.4, 0.5) is 10.1 Å². The molecule has 0 bridgehead atoms. The fraction of sp³-hybridized carbons (Fsp3) is 0.417. The lowest BCUT2D eigenvalue weighted by atomic mass is 10.0. The Labute approximate surface area is 94.0 Å². The van der Waals surface area contributed by atoms with Gasteiger partial charge in [0.05, 0.1) is 18.5 Å². The molecule has 0 N–H and O–H groups in total. The molecule has 1 aliphatic heterocycles. The van der Waals surface area contributed by atoms with E-state index in [1.54, 1.807) is 12.1 Å². The summed E-state index contributed by atoms with van der Waals surface area (Å²) in [6.07, 6.45) is 0.103. The van der Waals surface area contributed by atoms with Gasteiger partial charge in [0.15, 0.2) is 0 Å².